The molecule has 2 aromatic heterocycles. The van der Waals surface area contributed by atoms with E-state index in [-0.39, 0.29) is 10.9 Å². The van der Waals surface area contributed by atoms with Crippen molar-refractivity contribution >= 4 is 21.7 Å². The molecule has 9 heteroatoms. The lowest BCUT2D eigenvalue weighted by Crippen LogP contribution is -2.32. The maximum Gasteiger partial charge on any atom is 0.240 e. The minimum absolute atomic E-state index is 0.0462. The smallest absolute Gasteiger partial charge is 0.240 e. The Labute approximate surface area is 170 Å². The zero-order valence-corrected chi connectivity index (χ0v) is 17.3. The quantitative estimate of drug-likeness (QED) is 0.645. The average molecular weight is 413 g/mol. The van der Waals surface area contributed by atoms with Crippen LogP contribution in [0.1, 0.15) is 31.2 Å². The molecule has 1 saturated carbocycles. The van der Waals surface area contributed by atoms with Crippen molar-refractivity contribution in [2.75, 3.05) is 5.32 Å². The van der Waals surface area contributed by atoms with Crippen LogP contribution in [0.5, 0.6) is 0 Å². The number of rotatable bonds is 6. The fraction of sp³-hybridized carbons (Fsp3) is 0.350. The second-order valence-electron chi connectivity index (χ2n) is 7.38. The normalized spacial score (nSPS) is 15.0. The molecule has 1 aromatic carbocycles. The molecule has 0 amide bonds. The van der Waals surface area contributed by atoms with Gasteiger partial charge in [0.05, 0.1) is 22.5 Å². The van der Waals surface area contributed by atoms with Crippen molar-refractivity contribution < 1.29 is 8.42 Å². The molecule has 0 saturated heterocycles. The van der Waals surface area contributed by atoms with Crippen molar-refractivity contribution in [1.29, 1.82) is 0 Å². The van der Waals surface area contributed by atoms with Gasteiger partial charge in [-0.05, 0) is 37.5 Å². The lowest BCUT2D eigenvalue weighted by molar-refractivity contribution is 0.552. The number of nitrogens with one attached hydrogen (secondary N) is 2. The number of hydrogen-bond acceptors (Lipinski definition) is 6. The molecule has 29 heavy (non-hydrogen) atoms. The summed E-state index contributed by atoms with van der Waals surface area (Å²) in [6.45, 7) is 1.93. The van der Waals surface area contributed by atoms with E-state index < -0.39 is 10.0 Å². The van der Waals surface area contributed by atoms with Gasteiger partial charge >= 0.3 is 0 Å². The van der Waals surface area contributed by atoms with Gasteiger partial charge in [-0.1, -0.05) is 25.0 Å². The molecule has 0 aliphatic heterocycles. The highest BCUT2D eigenvalue weighted by atomic mass is 32.2. The molecule has 2 heterocycles. The van der Waals surface area contributed by atoms with Crippen LogP contribution in [-0.4, -0.2) is 34.2 Å². The summed E-state index contributed by atoms with van der Waals surface area (Å²) < 4.78 is 29.7. The average Bonchev–Trinajstić information content (AvgIpc) is 3.35. The molecule has 4 rings (SSSR count). The summed E-state index contributed by atoms with van der Waals surface area (Å²) in [6.07, 6.45) is 9.24. The van der Waals surface area contributed by atoms with Crippen molar-refractivity contribution in [1.82, 2.24) is 24.5 Å². The molecule has 0 atom stereocenters. The SMILES string of the molecule is Cc1cnc(Nc2cnn(C)c2)nc1-c1ccc(S(=O)(=O)NC2CCCC2)cc1. The third-order valence-corrected chi connectivity index (χ3v) is 6.58. The summed E-state index contributed by atoms with van der Waals surface area (Å²) in [5.41, 5.74) is 3.28. The van der Waals surface area contributed by atoms with Gasteiger partial charge in [0.25, 0.3) is 0 Å². The molecule has 1 aliphatic carbocycles. The standard InChI is InChI=1S/C20H24N6O2S/c1-14-11-21-20(23-17-12-22-26(2)13-17)24-19(14)15-7-9-18(10-8-15)29(27,28)25-16-5-3-4-6-16/h7-13,16,25H,3-6H2,1-2H3,(H,21,23,24). The Morgan fingerprint density at radius 3 is 2.48 bits per heavy atom. The van der Waals surface area contributed by atoms with Gasteiger partial charge in [0.2, 0.25) is 16.0 Å². The molecule has 0 bridgehead atoms. The van der Waals surface area contributed by atoms with E-state index in [0.717, 1.165) is 48.2 Å². The number of benzene rings is 1. The van der Waals surface area contributed by atoms with Crippen LogP contribution < -0.4 is 10.0 Å². The lowest BCUT2D eigenvalue weighted by atomic mass is 10.1. The van der Waals surface area contributed by atoms with Crippen molar-refractivity contribution in [2.24, 2.45) is 7.05 Å². The highest BCUT2D eigenvalue weighted by Gasteiger charge is 2.23. The first-order valence-electron chi connectivity index (χ1n) is 9.63. The number of anilines is 2. The summed E-state index contributed by atoms with van der Waals surface area (Å²) in [4.78, 5) is 9.19. The Balaban J connectivity index is 1.56. The number of aromatic nitrogens is 4. The monoisotopic (exact) mass is 412 g/mol. The van der Waals surface area contributed by atoms with Crippen LogP contribution in [0, 0.1) is 6.92 Å². The van der Waals surface area contributed by atoms with Crippen LogP contribution in [0.4, 0.5) is 11.6 Å². The predicted octanol–water partition coefficient (Wildman–Crippen LogP) is 3.15. The fourth-order valence-electron chi connectivity index (χ4n) is 3.53. The van der Waals surface area contributed by atoms with Gasteiger partial charge in [0.15, 0.2) is 0 Å². The van der Waals surface area contributed by atoms with Crippen molar-refractivity contribution in [2.45, 2.75) is 43.5 Å². The number of nitrogens with zero attached hydrogens (tertiary/aromatic N) is 4. The Morgan fingerprint density at radius 1 is 1.10 bits per heavy atom. The molecule has 3 aromatic rings. The van der Waals surface area contributed by atoms with Gasteiger partial charge in [0.1, 0.15) is 0 Å². The maximum atomic E-state index is 12.6. The second-order valence-corrected chi connectivity index (χ2v) is 9.09. The first-order chi connectivity index (χ1) is 13.9. The van der Waals surface area contributed by atoms with Crippen molar-refractivity contribution in [3.05, 3.63) is 48.4 Å². The Bertz CT molecular complexity index is 1100. The third-order valence-electron chi connectivity index (χ3n) is 5.05. The third kappa shape index (κ3) is 4.46. The van der Waals surface area contributed by atoms with E-state index in [4.69, 9.17) is 0 Å². The number of sulfonamides is 1. The lowest BCUT2D eigenvalue weighted by Gasteiger charge is -2.13. The first-order valence-corrected chi connectivity index (χ1v) is 11.1. The van der Waals surface area contributed by atoms with E-state index in [0.29, 0.717) is 5.95 Å². The van der Waals surface area contributed by atoms with Crippen LogP contribution in [0.15, 0.2) is 47.8 Å². The van der Waals surface area contributed by atoms with Gasteiger partial charge in [-0.25, -0.2) is 23.1 Å². The topological polar surface area (TPSA) is 102 Å². The molecule has 0 unspecified atom stereocenters. The molecular weight excluding hydrogens is 388 g/mol. The van der Waals surface area contributed by atoms with Gasteiger partial charge in [-0.15, -0.1) is 0 Å². The van der Waals surface area contributed by atoms with Crippen LogP contribution >= 0.6 is 0 Å². The van der Waals surface area contributed by atoms with E-state index >= 15 is 0 Å². The second kappa shape index (κ2) is 7.92. The van der Waals surface area contributed by atoms with Gasteiger partial charge in [-0.3, -0.25) is 4.68 Å². The molecular formula is C20H24N6O2S. The van der Waals surface area contributed by atoms with Gasteiger partial charge < -0.3 is 5.32 Å². The largest absolute Gasteiger partial charge is 0.321 e. The van der Waals surface area contributed by atoms with E-state index in [9.17, 15) is 8.42 Å². The Kier molecular flexibility index (Phi) is 5.33. The predicted molar refractivity (Wildman–Crippen MR) is 111 cm³/mol. The van der Waals surface area contributed by atoms with Crippen LogP contribution in [0.2, 0.25) is 0 Å². The number of hydrogen-bond donors (Lipinski definition) is 2. The van der Waals surface area contributed by atoms with E-state index in [1.54, 1.807) is 41.3 Å². The summed E-state index contributed by atoms with van der Waals surface area (Å²) in [6, 6.07) is 6.87. The zero-order valence-electron chi connectivity index (χ0n) is 16.5. The fourth-order valence-corrected chi connectivity index (χ4v) is 4.84. The summed E-state index contributed by atoms with van der Waals surface area (Å²) in [5.74, 6) is 0.457. The zero-order chi connectivity index (χ0) is 20.4. The molecule has 0 spiro atoms. The van der Waals surface area contributed by atoms with Crippen molar-refractivity contribution in [3.63, 3.8) is 0 Å². The van der Waals surface area contributed by atoms with E-state index in [1.807, 2.05) is 20.2 Å². The molecule has 2 N–H and O–H groups in total. The van der Waals surface area contributed by atoms with E-state index in [2.05, 4.69) is 25.1 Å². The molecule has 8 nitrogen and oxygen atoms in total. The van der Waals surface area contributed by atoms with Crippen molar-refractivity contribution in [3.8, 4) is 11.3 Å². The Hall–Kier alpha value is -2.78. The first kappa shape index (κ1) is 19.5. The summed E-state index contributed by atoms with van der Waals surface area (Å²) in [7, 11) is -1.67. The summed E-state index contributed by atoms with van der Waals surface area (Å²) in [5, 5.41) is 7.24. The minimum atomic E-state index is -3.50. The maximum absolute atomic E-state index is 12.6. The molecule has 0 radical (unpaired) electrons. The summed E-state index contributed by atoms with van der Waals surface area (Å²) >= 11 is 0. The van der Waals surface area contributed by atoms with Crippen LogP contribution in [0.25, 0.3) is 11.3 Å². The molecule has 152 valence electrons. The van der Waals surface area contributed by atoms with Gasteiger partial charge in [-0.2, -0.15) is 5.10 Å². The number of aryl methyl sites for hydroxylation is 2. The highest BCUT2D eigenvalue weighted by molar-refractivity contribution is 7.89. The van der Waals surface area contributed by atoms with E-state index in [1.165, 1.54) is 0 Å². The highest BCUT2D eigenvalue weighted by Crippen LogP contribution is 2.25. The molecule has 1 aliphatic rings. The Morgan fingerprint density at radius 2 is 1.83 bits per heavy atom. The molecule has 1 fully saturated rings. The van der Waals surface area contributed by atoms with Gasteiger partial charge in [0, 0.05) is 31.0 Å². The van der Waals surface area contributed by atoms with Crippen LogP contribution in [-0.2, 0) is 17.1 Å². The van der Waals surface area contributed by atoms with Crippen LogP contribution in [0.3, 0.4) is 0 Å². The minimum Gasteiger partial charge on any atom is -0.321 e.